The van der Waals surface area contributed by atoms with E-state index in [9.17, 15) is 0 Å². The smallest absolute Gasteiger partial charge is 0.0110 e. The van der Waals surface area contributed by atoms with Crippen LogP contribution < -0.4 is 5.73 Å². The van der Waals surface area contributed by atoms with Crippen LogP contribution in [0.3, 0.4) is 0 Å². The van der Waals surface area contributed by atoms with Gasteiger partial charge in [-0.3, -0.25) is 0 Å². The summed E-state index contributed by atoms with van der Waals surface area (Å²) in [6.45, 7) is 7.76. The molecule has 3 nitrogen and oxygen atoms in total. The SMILES string of the molecule is NC1CCCCC1CN1CCN(CC2CC2)CC1. The molecule has 18 heavy (non-hydrogen) atoms. The van der Waals surface area contributed by atoms with Gasteiger partial charge in [0.15, 0.2) is 0 Å². The van der Waals surface area contributed by atoms with Crippen molar-refractivity contribution in [3.8, 4) is 0 Å². The third-order valence-electron chi connectivity index (χ3n) is 5.14. The molecule has 0 amide bonds. The van der Waals surface area contributed by atoms with Crippen LogP contribution >= 0.6 is 0 Å². The first-order valence-corrected chi connectivity index (χ1v) is 8.01. The Bertz CT molecular complexity index is 256. The maximum absolute atomic E-state index is 6.26. The summed E-state index contributed by atoms with van der Waals surface area (Å²) in [4.78, 5) is 5.34. The van der Waals surface area contributed by atoms with Crippen LogP contribution in [0.25, 0.3) is 0 Å². The number of nitrogens with zero attached hydrogens (tertiary/aromatic N) is 2. The summed E-state index contributed by atoms with van der Waals surface area (Å²) in [6.07, 6.45) is 8.34. The van der Waals surface area contributed by atoms with Crippen molar-refractivity contribution in [3.05, 3.63) is 0 Å². The molecule has 2 atom stereocenters. The van der Waals surface area contributed by atoms with Crippen LogP contribution in [0.15, 0.2) is 0 Å². The van der Waals surface area contributed by atoms with Gasteiger partial charge in [-0.1, -0.05) is 12.8 Å². The number of rotatable bonds is 4. The van der Waals surface area contributed by atoms with E-state index in [-0.39, 0.29) is 0 Å². The third kappa shape index (κ3) is 3.46. The van der Waals surface area contributed by atoms with Crippen molar-refractivity contribution in [2.45, 2.75) is 44.6 Å². The Morgan fingerprint density at radius 3 is 2.00 bits per heavy atom. The van der Waals surface area contributed by atoms with Gasteiger partial charge in [0.1, 0.15) is 0 Å². The minimum Gasteiger partial charge on any atom is -0.327 e. The van der Waals surface area contributed by atoms with E-state index in [0.29, 0.717) is 6.04 Å². The van der Waals surface area contributed by atoms with Crippen LogP contribution in [0, 0.1) is 11.8 Å². The van der Waals surface area contributed by atoms with E-state index in [0.717, 1.165) is 11.8 Å². The monoisotopic (exact) mass is 251 g/mol. The largest absolute Gasteiger partial charge is 0.327 e. The van der Waals surface area contributed by atoms with Gasteiger partial charge in [-0.2, -0.15) is 0 Å². The van der Waals surface area contributed by atoms with E-state index in [1.54, 1.807) is 0 Å². The van der Waals surface area contributed by atoms with Gasteiger partial charge in [0.05, 0.1) is 0 Å². The summed E-state index contributed by atoms with van der Waals surface area (Å²) in [7, 11) is 0. The molecule has 2 unspecified atom stereocenters. The minimum absolute atomic E-state index is 0.475. The molecule has 1 saturated heterocycles. The topological polar surface area (TPSA) is 32.5 Å². The van der Waals surface area contributed by atoms with E-state index < -0.39 is 0 Å². The fourth-order valence-electron chi connectivity index (χ4n) is 3.61. The molecule has 3 fully saturated rings. The molecule has 3 aliphatic rings. The molecule has 1 heterocycles. The van der Waals surface area contributed by atoms with Gasteiger partial charge in [0, 0.05) is 45.3 Å². The summed E-state index contributed by atoms with van der Waals surface area (Å²) in [5, 5.41) is 0. The second-order valence-corrected chi connectivity index (χ2v) is 6.75. The summed E-state index contributed by atoms with van der Waals surface area (Å²) < 4.78 is 0. The summed E-state index contributed by atoms with van der Waals surface area (Å²) in [6, 6.07) is 0.475. The molecule has 1 aliphatic heterocycles. The van der Waals surface area contributed by atoms with Crippen molar-refractivity contribution >= 4 is 0 Å². The van der Waals surface area contributed by atoms with E-state index in [2.05, 4.69) is 9.80 Å². The molecular weight excluding hydrogens is 222 g/mol. The third-order valence-corrected chi connectivity index (χ3v) is 5.14. The predicted octanol–water partition coefficient (Wildman–Crippen LogP) is 1.53. The number of piperazine rings is 1. The lowest BCUT2D eigenvalue weighted by Gasteiger charge is -2.38. The van der Waals surface area contributed by atoms with Crippen molar-refractivity contribution in [1.82, 2.24) is 9.80 Å². The van der Waals surface area contributed by atoms with Crippen molar-refractivity contribution < 1.29 is 0 Å². The molecule has 3 rings (SSSR count). The fourth-order valence-corrected chi connectivity index (χ4v) is 3.61. The number of hydrogen-bond acceptors (Lipinski definition) is 3. The van der Waals surface area contributed by atoms with Crippen molar-refractivity contribution in [1.29, 1.82) is 0 Å². The number of hydrogen-bond donors (Lipinski definition) is 1. The van der Waals surface area contributed by atoms with Crippen molar-refractivity contribution in [2.75, 3.05) is 39.3 Å². The van der Waals surface area contributed by atoms with Gasteiger partial charge >= 0.3 is 0 Å². The molecule has 0 radical (unpaired) electrons. The summed E-state index contributed by atoms with van der Waals surface area (Å²) in [5.74, 6) is 1.82. The maximum Gasteiger partial charge on any atom is 0.0110 e. The number of nitrogens with two attached hydrogens (primary N) is 1. The van der Waals surface area contributed by atoms with Gasteiger partial charge in [0.2, 0.25) is 0 Å². The fraction of sp³-hybridized carbons (Fsp3) is 1.00. The highest BCUT2D eigenvalue weighted by Crippen LogP contribution is 2.30. The minimum atomic E-state index is 0.475. The normalized spacial score (nSPS) is 35.8. The Hall–Kier alpha value is -0.120. The Kier molecular flexibility index (Phi) is 4.22. The first-order valence-electron chi connectivity index (χ1n) is 8.01. The Morgan fingerprint density at radius 2 is 1.39 bits per heavy atom. The highest BCUT2D eigenvalue weighted by atomic mass is 15.3. The average Bonchev–Trinajstić information content (AvgIpc) is 3.19. The van der Waals surface area contributed by atoms with Crippen molar-refractivity contribution in [3.63, 3.8) is 0 Å². The summed E-state index contributed by atoms with van der Waals surface area (Å²) >= 11 is 0. The molecule has 3 heteroatoms. The molecule has 2 aliphatic carbocycles. The second kappa shape index (κ2) is 5.89. The van der Waals surface area contributed by atoms with Crippen LogP contribution in [0.5, 0.6) is 0 Å². The standard InChI is InChI=1S/C15H29N3/c16-15-4-2-1-3-14(15)12-18-9-7-17(8-10-18)11-13-5-6-13/h13-15H,1-12,16H2. The molecule has 0 bridgehead atoms. The molecule has 0 spiro atoms. The molecule has 0 aromatic heterocycles. The average molecular weight is 251 g/mol. The molecule has 2 saturated carbocycles. The van der Waals surface area contributed by atoms with Gasteiger partial charge in [0.25, 0.3) is 0 Å². The van der Waals surface area contributed by atoms with Crippen molar-refractivity contribution in [2.24, 2.45) is 17.6 Å². The molecule has 2 N–H and O–H groups in total. The van der Waals surface area contributed by atoms with Gasteiger partial charge in [-0.15, -0.1) is 0 Å². The molecule has 0 aromatic carbocycles. The van der Waals surface area contributed by atoms with Crippen LogP contribution in [0.1, 0.15) is 38.5 Å². The Morgan fingerprint density at radius 1 is 0.778 bits per heavy atom. The van der Waals surface area contributed by atoms with E-state index >= 15 is 0 Å². The van der Waals surface area contributed by atoms with E-state index in [1.165, 1.54) is 77.8 Å². The summed E-state index contributed by atoms with van der Waals surface area (Å²) in [5.41, 5.74) is 6.26. The van der Waals surface area contributed by atoms with E-state index in [1.807, 2.05) is 0 Å². The molecule has 104 valence electrons. The zero-order valence-electron chi connectivity index (χ0n) is 11.7. The van der Waals surface area contributed by atoms with Crippen LogP contribution in [0.2, 0.25) is 0 Å². The predicted molar refractivity (Wildman–Crippen MR) is 75.5 cm³/mol. The van der Waals surface area contributed by atoms with Gasteiger partial charge in [-0.05, 0) is 37.5 Å². The zero-order valence-corrected chi connectivity index (χ0v) is 11.7. The lowest BCUT2D eigenvalue weighted by atomic mass is 9.84. The zero-order chi connectivity index (χ0) is 12.4. The Labute approximate surface area is 112 Å². The van der Waals surface area contributed by atoms with Gasteiger partial charge < -0.3 is 15.5 Å². The first kappa shape index (κ1) is 12.9. The van der Waals surface area contributed by atoms with Crippen LogP contribution in [0.4, 0.5) is 0 Å². The maximum atomic E-state index is 6.26. The quantitative estimate of drug-likeness (QED) is 0.822. The first-order chi connectivity index (χ1) is 8.81. The second-order valence-electron chi connectivity index (χ2n) is 6.75. The highest BCUT2D eigenvalue weighted by molar-refractivity contribution is 4.84. The molecule has 0 aromatic rings. The molecular formula is C15H29N3. The van der Waals surface area contributed by atoms with Crippen LogP contribution in [-0.2, 0) is 0 Å². The lowest BCUT2D eigenvalue weighted by molar-refractivity contribution is 0.102. The highest BCUT2D eigenvalue weighted by Gasteiger charge is 2.28. The lowest BCUT2D eigenvalue weighted by Crippen LogP contribution is -2.50. The van der Waals surface area contributed by atoms with Crippen LogP contribution in [-0.4, -0.2) is 55.1 Å². The Balaban J connectivity index is 1.38. The van der Waals surface area contributed by atoms with Gasteiger partial charge in [-0.25, -0.2) is 0 Å². The van der Waals surface area contributed by atoms with E-state index in [4.69, 9.17) is 5.73 Å².